The normalized spacial score (nSPS) is 10.6. The summed E-state index contributed by atoms with van der Waals surface area (Å²) in [6.45, 7) is 4.77. The predicted octanol–water partition coefficient (Wildman–Crippen LogP) is 3.84. The van der Waals surface area contributed by atoms with Crippen molar-refractivity contribution in [1.29, 1.82) is 0 Å². The minimum absolute atomic E-state index is 0.0416. The lowest BCUT2D eigenvalue weighted by molar-refractivity contribution is 0.0786. The van der Waals surface area contributed by atoms with E-state index in [1.165, 1.54) is 5.56 Å². The van der Waals surface area contributed by atoms with Gasteiger partial charge in [-0.1, -0.05) is 12.1 Å². The number of hydrogen-bond acceptors (Lipinski definition) is 3. The van der Waals surface area contributed by atoms with E-state index in [1.54, 1.807) is 16.2 Å². The Morgan fingerprint density at radius 3 is 2.70 bits per heavy atom. The van der Waals surface area contributed by atoms with Crippen LogP contribution in [0.15, 0.2) is 41.1 Å². The van der Waals surface area contributed by atoms with E-state index in [0.717, 1.165) is 11.3 Å². The number of nitrogens with zero attached hydrogens (tertiary/aromatic N) is 1. The largest absolute Gasteiger partial charge is 0.382 e. The Morgan fingerprint density at radius 1 is 1.30 bits per heavy atom. The first-order valence-electron chi connectivity index (χ1n) is 6.70. The van der Waals surface area contributed by atoms with Crippen molar-refractivity contribution in [3.8, 4) is 0 Å². The molecule has 0 atom stereocenters. The lowest BCUT2D eigenvalue weighted by atomic mass is 10.1. The maximum absolute atomic E-state index is 12.6. The van der Waals surface area contributed by atoms with E-state index in [4.69, 9.17) is 0 Å². The molecule has 4 heteroatoms. The number of nitrogens with one attached hydrogen (secondary N) is 1. The number of para-hydroxylation sites is 1. The van der Waals surface area contributed by atoms with Gasteiger partial charge in [0.2, 0.25) is 0 Å². The number of rotatable bonds is 5. The Morgan fingerprint density at radius 2 is 2.05 bits per heavy atom. The van der Waals surface area contributed by atoms with Gasteiger partial charge in [-0.2, -0.15) is 11.3 Å². The van der Waals surface area contributed by atoms with Gasteiger partial charge in [0.1, 0.15) is 0 Å². The van der Waals surface area contributed by atoms with Crippen LogP contribution in [0.3, 0.4) is 0 Å². The minimum atomic E-state index is 0.0416. The molecule has 0 saturated heterocycles. The third-order valence-electron chi connectivity index (χ3n) is 2.95. The van der Waals surface area contributed by atoms with Crippen LogP contribution in [-0.2, 0) is 6.54 Å². The first kappa shape index (κ1) is 14.6. The Balaban J connectivity index is 2.15. The van der Waals surface area contributed by atoms with E-state index in [0.29, 0.717) is 12.6 Å². The third kappa shape index (κ3) is 3.61. The summed E-state index contributed by atoms with van der Waals surface area (Å²) < 4.78 is 0. The zero-order valence-corrected chi connectivity index (χ0v) is 12.9. The fraction of sp³-hybridized carbons (Fsp3) is 0.312. The van der Waals surface area contributed by atoms with Crippen molar-refractivity contribution in [2.45, 2.75) is 26.4 Å². The number of carbonyl (C=O) groups is 1. The van der Waals surface area contributed by atoms with Gasteiger partial charge in [0.25, 0.3) is 5.91 Å². The van der Waals surface area contributed by atoms with Gasteiger partial charge >= 0.3 is 0 Å². The topological polar surface area (TPSA) is 32.3 Å². The lowest BCUT2D eigenvalue weighted by Gasteiger charge is -2.20. The SMILES string of the molecule is CC(C)Nc1ccccc1C(=O)N(C)Cc1ccsc1. The van der Waals surface area contributed by atoms with Crippen LogP contribution in [0.4, 0.5) is 5.69 Å². The van der Waals surface area contributed by atoms with Gasteiger partial charge < -0.3 is 10.2 Å². The maximum atomic E-state index is 12.6. The molecule has 2 rings (SSSR count). The van der Waals surface area contributed by atoms with Crippen LogP contribution in [0.2, 0.25) is 0 Å². The standard InChI is InChI=1S/C16H20N2OS/c1-12(2)17-15-7-5-4-6-14(15)16(19)18(3)10-13-8-9-20-11-13/h4-9,11-12,17H,10H2,1-3H3. The average molecular weight is 288 g/mol. The van der Waals surface area contributed by atoms with Crippen LogP contribution >= 0.6 is 11.3 Å². The molecule has 1 aromatic carbocycles. The highest BCUT2D eigenvalue weighted by atomic mass is 32.1. The Labute approximate surface area is 124 Å². The van der Waals surface area contributed by atoms with Crippen molar-refractivity contribution < 1.29 is 4.79 Å². The molecule has 0 aliphatic carbocycles. The van der Waals surface area contributed by atoms with Crippen LogP contribution in [-0.4, -0.2) is 23.9 Å². The zero-order chi connectivity index (χ0) is 14.5. The molecule has 0 aliphatic rings. The van der Waals surface area contributed by atoms with Crippen molar-refractivity contribution in [2.24, 2.45) is 0 Å². The van der Waals surface area contributed by atoms with E-state index in [2.05, 4.69) is 24.5 Å². The molecule has 0 bridgehead atoms. The summed E-state index contributed by atoms with van der Waals surface area (Å²) in [5, 5.41) is 7.42. The molecule has 0 aliphatic heterocycles. The molecule has 1 N–H and O–H groups in total. The van der Waals surface area contributed by atoms with Crippen LogP contribution in [0, 0.1) is 0 Å². The number of amides is 1. The van der Waals surface area contributed by atoms with E-state index < -0.39 is 0 Å². The van der Waals surface area contributed by atoms with E-state index >= 15 is 0 Å². The number of thiophene rings is 1. The highest BCUT2D eigenvalue weighted by molar-refractivity contribution is 7.07. The van der Waals surface area contributed by atoms with Gasteiger partial charge in [-0.05, 0) is 48.4 Å². The minimum Gasteiger partial charge on any atom is -0.382 e. The van der Waals surface area contributed by atoms with E-state index in [9.17, 15) is 4.79 Å². The molecule has 106 valence electrons. The second-order valence-corrected chi connectivity index (χ2v) is 5.92. The first-order chi connectivity index (χ1) is 9.58. The smallest absolute Gasteiger partial charge is 0.255 e. The summed E-state index contributed by atoms with van der Waals surface area (Å²) in [4.78, 5) is 14.3. The summed E-state index contributed by atoms with van der Waals surface area (Å²) in [7, 11) is 1.84. The number of hydrogen-bond donors (Lipinski definition) is 1. The van der Waals surface area contributed by atoms with Crippen molar-refractivity contribution in [3.63, 3.8) is 0 Å². The van der Waals surface area contributed by atoms with Crippen molar-refractivity contribution >= 4 is 22.9 Å². The first-order valence-corrected chi connectivity index (χ1v) is 7.64. The molecule has 0 radical (unpaired) electrons. The summed E-state index contributed by atoms with van der Waals surface area (Å²) >= 11 is 1.65. The molecule has 2 aromatic rings. The molecule has 0 saturated carbocycles. The quantitative estimate of drug-likeness (QED) is 0.906. The van der Waals surface area contributed by atoms with Gasteiger partial charge in [0, 0.05) is 25.3 Å². The van der Waals surface area contributed by atoms with Gasteiger partial charge in [-0.15, -0.1) is 0 Å². The maximum Gasteiger partial charge on any atom is 0.255 e. The van der Waals surface area contributed by atoms with Crippen LogP contribution in [0.1, 0.15) is 29.8 Å². The molecular formula is C16H20N2OS. The van der Waals surface area contributed by atoms with Crippen LogP contribution in [0.5, 0.6) is 0 Å². The third-order valence-corrected chi connectivity index (χ3v) is 3.68. The highest BCUT2D eigenvalue weighted by Gasteiger charge is 2.16. The van der Waals surface area contributed by atoms with Gasteiger partial charge in [-0.25, -0.2) is 0 Å². The second kappa shape index (κ2) is 6.57. The number of carbonyl (C=O) groups excluding carboxylic acids is 1. The molecule has 1 aromatic heterocycles. The Kier molecular flexibility index (Phi) is 4.79. The number of benzene rings is 1. The molecule has 0 spiro atoms. The fourth-order valence-corrected chi connectivity index (χ4v) is 2.70. The molecule has 0 fully saturated rings. The highest BCUT2D eigenvalue weighted by Crippen LogP contribution is 2.19. The van der Waals surface area contributed by atoms with Gasteiger partial charge in [0.05, 0.1) is 5.56 Å². The van der Waals surface area contributed by atoms with E-state index in [-0.39, 0.29) is 5.91 Å². The summed E-state index contributed by atoms with van der Waals surface area (Å²) in [6.07, 6.45) is 0. The van der Waals surface area contributed by atoms with E-state index in [1.807, 2.05) is 42.8 Å². The fourth-order valence-electron chi connectivity index (χ4n) is 2.04. The van der Waals surface area contributed by atoms with Crippen molar-refractivity contribution in [1.82, 2.24) is 4.90 Å². The second-order valence-electron chi connectivity index (χ2n) is 5.14. The molecule has 0 unspecified atom stereocenters. The van der Waals surface area contributed by atoms with Crippen molar-refractivity contribution in [2.75, 3.05) is 12.4 Å². The summed E-state index contributed by atoms with van der Waals surface area (Å²) in [5.41, 5.74) is 2.78. The van der Waals surface area contributed by atoms with Gasteiger partial charge in [-0.3, -0.25) is 4.79 Å². The summed E-state index contributed by atoms with van der Waals surface area (Å²) in [5.74, 6) is 0.0416. The monoisotopic (exact) mass is 288 g/mol. The molecule has 1 heterocycles. The molecular weight excluding hydrogens is 268 g/mol. The summed E-state index contributed by atoms with van der Waals surface area (Å²) in [6, 6.07) is 10.0. The average Bonchev–Trinajstić information content (AvgIpc) is 2.90. The van der Waals surface area contributed by atoms with Crippen LogP contribution in [0.25, 0.3) is 0 Å². The lowest BCUT2D eigenvalue weighted by Crippen LogP contribution is -2.27. The predicted molar refractivity (Wildman–Crippen MR) is 85.3 cm³/mol. The molecule has 3 nitrogen and oxygen atoms in total. The zero-order valence-electron chi connectivity index (χ0n) is 12.1. The molecule has 20 heavy (non-hydrogen) atoms. The van der Waals surface area contributed by atoms with Crippen LogP contribution < -0.4 is 5.32 Å². The number of anilines is 1. The van der Waals surface area contributed by atoms with Crippen molar-refractivity contribution in [3.05, 3.63) is 52.2 Å². The van der Waals surface area contributed by atoms with Gasteiger partial charge in [0.15, 0.2) is 0 Å². The Bertz CT molecular complexity index is 564. The molecule has 1 amide bonds. The Hall–Kier alpha value is -1.81.